The summed E-state index contributed by atoms with van der Waals surface area (Å²) in [5.74, 6) is 0.630. The van der Waals surface area contributed by atoms with E-state index in [9.17, 15) is 4.79 Å². The Balaban J connectivity index is 1.93. The number of nitrogens with zero attached hydrogens (tertiary/aromatic N) is 2. The van der Waals surface area contributed by atoms with Crippen LogP contribution in [0.2, 0.25) is 0 Å². The Morgan fingerprint density at radius 2 is 1.88 bits per heavy atom. The summed E-state index contributed by atoms with van der Waals surface area (Å²) in [5, 5.41) is 5.82. The van der Waals surface area contributed by atoms with Crippen LogP contribution in [0.4, 0.5) is 5.69 Å². The van der Waals surface area contributed by atoms with Crippen molar-refractivity contribution in [1.29, 1.82) is 0 Å². The number of hydrogen-bond acceptors (Lipinski definition) is 4. The molecular formula is C20H20N2O3. The molecule has 5 heteroatoms. The van der Waals surface area contributed by atoms with Gasteiger partial charge in [-0.3, -0.25) is 4.79 Å². The number of carbonyl (C=O) groups excluding carboxylic acids is 1. The van der Waals surface area contributed by atoms with E-state index >= 15 is 0 Å². The Bertz CT molecular complexity index is 841. The van der Waals surface area contributed by atoms with E-state index in [2.05, 4.69) is 5.10 Å². The Labute approximate surface area is 147 Å². The van der Waals surface area contributed by atoms with Gasteiger partial charge in [0.2, 0.25) is 0 Å². The lowest BCUT2D eigenvalue weighted by atomic mass is 10.0. The zero-order chi connectivity index (χ0) is 17.8. The third-order valence-electron chi connectivity index (χ3n) is 3.98. The van der Waals surface area contributed by atoms with E-state index in [4.69, 9.17) is 9.47 Å². The van der Waals surface area contributed by atoms with Crippen LogP contribution in [0, 0.1) is 0 Å². The number of carbonyl (C=O) groups is 1. The third kappa shape index (κ3) is 3.46. The van der Waals surface area contributed by atoms with Gasteiger partial charge in [0.05, 0.1) is 30.7 Å². The fourth-order valence-corrected chi connectivity index (χ4v) is 2.75. The second kappa shape index (κ2) is 7.32. The smallest absolute Gasteiger partial charge is 0.280 e. The second-order valence-corrected chi connectivity index (χ2v) is 5.70. The molecule has 0 bridgehead atoms. The summed E-state index contributed by atoms with van der Waals surface area (Å²) in [7, 11) is 3.27. The number of hydrazone groups is 1. The van der Waals surface area contributed by atoms with Crippen LogP contribution >= 0.6 is 0 Å². The lowest BCUT2D eigenvalue weighted by Crippen LogP contribution is -2.21. The summed E-state index contributed by atoms with van der Waals surface area (Å²) in [4.78, 5) is 12.7. The van der Waals surface area contributed by atoms with Crippen LogP contribution in [0.15, 0.2) is 59.2 Å². The number of para-hydroxylation sites is 1. The first-order valence-corrected chi connectivity index (χ1v) is 7.96. The van der Waals surface area contributed by atoms with Crippen LogP contribution in [-0.4, -0.2) is 25.8 Å². The van der Waals surface area contributed by atoms with E-state index in [1.54, 1.807) is 14.2 Å². The molecule has 5 nitrogen and oxygen atoms in total. The molecule has 0 unspecified atom stereocenters. The number of ether oxygens (including phenoxy) is 2. The van der Waals surface area contributed by atoms with E-state index in [1.165, 1.54) is 5.01 Å². The molecule has 0 fully saturated rings. The van der Waals surface area contributed by atoms with Gasteiger partial charge >= 0.3 is 0 Å². The minimum atomic E-state index is -0.132. The molecule has 1 heterocycles. The highest BCUT2D eigenvalue weighted by Gasteiger charge is 2.28. The second-order valence-electron chi connectivity index (χ2n) is 5.70. The Kier molecular flexibility index (Phi) is 4.95. The SMILES string of the molecule is COCc1cc(/C=C2/C(=O)N(c3ccccc3)N=C2C)ccc1OC. The number of amides is 1. The molecule has 0 radical (unpaired) electrons. The van der Waals surface area contributed by atoms with Gasteiger partial charge in [-0.2, -0.15) is 10.1 Å². The maximum Gasteiger partial charge on any atom is 0.280 e. The highest BCUT2D eigenvalue weighted by molar-refractivity contribution is 6.32. The summed E-state index contributed by atoms with van der Waals surface area (Å²) in [6, 6.07) is 15.2. The monoisotopic (exact) mass is 336 g/mol. The third-order valence-corrected chi connectivity index (χ3v) is 3.98. The number of hydrogen-bond donors (Lipinski definition) is 0. The topological polar surface area (TPSA) is 51.1 Å². The fourth-order valence-electron chi connectivity index (χ4n) is 2.75. The number of anilines is 1. The standard InChI is InChI=1S/C20H20N2O3/c1-14-18(20(23)22(21-14)17-7-5-4-6-8-17)12-15-9-10-19(25-3)16(11-15)13-24-2/h4-12H,13H2,1-3H3/b18-12+. The molecule has 0 aliphatic carbocycles. The van der Waals surface area contributed by atoms with Crippen molar-refractivity contribution in [1.82, 2.24) is 0 Å². The molecule has 1 aliphatic heterocycles. The molecule has 1 amide bonds. The lowest BCUT2D eigenvalue weighted by molar-refractivity contribution is -0.114. The highest BCUT2D eigenvalue weighted by atomic mass is 16.5. The van der Waals surface area contributed by atoms with Gasteiger partial charge in [-0.1, -0.05) is 24.3 Å². The predicted octanol–water partition coefficient (Wildman–Crippen LogP) is 3.65. The van der Waals surface area contributed by atoms with Gasteiger partial charge in [0.25, 0.3) is 5.91 Å². The molecule has 2 aromatic rings. The first kappa shape index (κ1) is 16.9. The van der Waals surface area contributed by atoms with Crippen LogP contribution in [0.5, 0.6) is 5.75 Å². The molecule has 25 heavy (non-hydrogen) atoms. The quantitative estimate of drug-likeness (QED) is 0.783. The minimum absolute atomic E-state index is 0.132. The van der Waals surface area contributed by atoms with E-state index in [0.29, 0.717) is 17.9 Å². The van der Waals surface area contributed by atoms with Crippen LogP contribution in [-0.2, 0) is 16.1 Å². The summed E-state index contributed by atoms with van der Waals surface area (Å²) in [5.41, 5.74) is 3.86. The molecule has 0 N–H and O–H groups in total. The molecule has 0 saturated heterocycles. The molecule has 1 aliphatic rings. The van der Waals surface area contributed by atoms with E-state index in [0.717, 1.165) is 22.6 Å². The maximum atomic E-state index is 12.7. The van der Waals surface area contributed by atoms with Crippen molar-refractivity contribution in [3.8, 4) is 5.75 Å². The van der Waals surface area contributed by atoms with Gasteiger partial charge < -0.3 is 9.47 Å². The molecule has 3 rings (SSSR count). The molecule has 128 valence electrons. The van der Waals surface area contributed by atoms with Crippen LogP contribution in [0.3, 0.4) is 0 Å². The largest absolute Gasteiger partial charge is 0.496 e. The minimum Gasteiger partial charge on any atom is -0.496 e. The van der Waals surface area contributed by atoms with Gasteiger partial charge in [0, 0.05) is 12.7 Å². The average molecular weight is 336 g/mol. The van der Waals surface area contributed by atoms with Crippen LogP contribution in [0.1, 0.15) is 18.1 Å². The van der Waals surface area contributed by atoms with Crippen molar-refractivity contribution in [3.05, 3.63) is 65.2 Å². The van der Waals surface area contributed by atoms with Gasteiger partial charge in [0.1, 0.15) is 5.75 Å². The van der Waals surface area contributed by atoms with E-state index in [1.807, 2.05) is 61.5 Å². The molecule has 0 spiro atoms. The van der Waals surface area contributed by atoms with Crippen molar-refractivity contribution in [3.63, 3.8) is 0 Å². The Morgan fingerprint density at radius 3 is 2.56 bits per heavy atom. The number of benzene rings is 2. The predicted molar refractivity (Wildman–Crippen MR) is 98.7 cm³/mol. The molecule has 2 aromatic carbocycles. The lowest BCUT2D eigenvalue weighted by Gasteiger charge is -2.11. The summed E-state index contributed by atoms with van der Waals surface area (Å²) >= 11 is 0. The summed E-state index contributed by atoms with van der Waals surface area (Å²) < 4.78 is 10.6. The van der Waals surface area contributed by atoms with Crippen LogP contribution in [0.25, 0.3) is 6.08 Å². The number of methoxy groups -OCH3 is 2. The normalized spacial score (nSPS) is 15.6. The zero-order valence-electron chi connectivity index (χ0n) is 14.5. The van der Waals surface area contributed by atoms with Crippen molar-refractivity contribution in [2.75, 3.05) is 19.2 Å². The zero-order valence-corrected chi connectivity index (χ0v) is 14.5. The Morgan fingerprint density at radius 1 is 1.12 bits per heavy atom. The van der Waals surface area contributed by atoms with E-state index < -0.39 is 0 Å². The van der Waals surface area contributed by atoms with Crippen molar-refractivity contribution >= 4 is 23.4 Å². The van der Waals surface area contributed by atoms with E-state index in [-0.39, 0.29) is 5.91 Å². The number of rotatable bonds is 5. The van der Waals surface area contributed by atoms with Crippen LogP contribution < -0.4 is 9.75 Å². The first-order chi connectivity index (χ1) is 12.1. The highest BCUT2D eigenvalue weighted by Crippen LogP contribution is 2.26. The molecule has 0 saturated carbocycles. The summed E-state index contributed by atoms with van der Waals surface area (Å²) in [6.45, 7) is 2.28. The average Bonchev–Trinajstić information content (AvgIpc) is 2.91. The fraction of sp³-hybridized carbons (Fsp3) is 0.200. The maximum absolute atomic E-state index is 12.7. The van der Waals surface area contributed by atoms with Crippen molar-refractivity contribution in [2.24, 2.45) is 5.10 Å². The van der Waals surface area contributed by atoms with Gasteiger partial charge in [-0.15, -0.1) is 0 Å². The van der Waals surface area contributed by atoms with Crippen molar-refractivity contribution in [2.45, 2.75) is 13.5 Å². The van der Waals surface area contributed by atoms with Gasteiger partial charge in [0.15, 0.2) is 0 Å². The summed E-state index contributed by atoms with van der Waals surface area (Å²) in [6.07, 6.45) is 1.85. The molecular weight excluding hydrogens is 316 g/mol. The molecule has 0 aromatic heterocycles. The Hall–Kier alpha value is -2.92. The van der Waals surface area contributed by atoms with Gasteiger partial charge in [-0.05, 0) is 42.8 Å². The first-order valence-electron chi connectivity index (χ1n) is 7.96. The van der Waals surface area contributed by atoms with Crippen molar-refractivity contribution < 1.29 is 14.3 Å². The molecule has 0 atom stereocenters. The van der Waals surface area contributed by atoms with Gasteiger partial charge in [-0.25, -0.2) is 0 Å².